The second-order valence-corrected chi connectivity index (χ2v) is 3.38. The molecular formula is C10H22N2O. The fraction of sp³-hybridized carbons (Fsp3) is 0.900. The summed E-state index contributed by atoms with van der Waals surface area (Å²) in [4.78, 5) is 10.8. The molecular weight excluding hydrogens is 164 g/mol. The van der Waals surface area contributed by atoms with E-state index in [-0.39, 0.29) is 11.9 Å². The van der Waals surface area contributed by atoms with Crippen LogP contribution in [0.25, 0.3) is 0 Å². The molecule has 78 valence electrons. The summed E-state index contributed by atoms with van der Waals surface area (Å²) in [6, 6.07) is -0.137. The van der Waals surface area contributed by atoms with Crippen LogP contribution in [0.1, 0.15) is 46.0 Å². The van der Waals surface area contributed by atoms with E-state index in [4.69, 9.17) is 5.73 Å². The van der Waals surface area contributed by atoms with Crippen molar-refractivity contribution in [1.29, 1.82) is 0 Å². The normalized spacial score (nSPS) is 12.8. The Morgan fingerprint density at radius 2 is 2.00 bits per heavy atom. The fourth-order valence-corrected chi connectivity index (χ4v) is 1.27. The average Bonchev–Trinajstić information content (AvgIpc) is 2.10. The molecule has 3 heteroatoms. The first-order valence-electron chi connectivity index (χ1n) is 5.25. The standard InChI is InChI=1S/C10H22N2O/c1-3-5-6-7-8-12-9(4-2)10(11)13/h9,12H,3-8H2,1-2H3,(H2,11,13). The van der Waals surface area contributed by atoms with Crippen LogP contribution in [0.15, 0.2) is 0 Å². The lowest BCUT2D eigenvalue weighted by Gasteiger charge is -2.12. The van der Waals surface area contributed by atoms with E-state index in [1.807, 2.05) is 6.92 Å². The molecule has 0 aromatic rings. The molecule has 0 radical (unpaired) electrons. The van der Waals surface area contributed by atoms with Gasteiger partial charge in [-0.3, -0.25) is 4.79 Å². The monoisotopic (exact) mass is 186 g/mol. The van der Waals surface area contributed by atoms with Crippen molar-refractivity contribution in [3.05, 3.63) is 0 Å². The van der Waals surface area contributed by atoms with E-state index in [0.717, 1.165) is 19.4 Å². The summed E-state index contributed by atoms with van der Waals surface area (Å²) in [5, 5.41) is 3.15. The Bertz CT molecular complexity index is 137. The Hall–Kier alpha value is -0.570. The molecule has 0 saturated heterocycles. The van der Waals surface area contributed by atoms with Crippen LogP contribution in [-0.2, 0) is 4.79 Å². The molecule has 0 aliphatic heterocycles. The molecule has 0 aromatic carbocycles. The van der Waals surface area contributed by atoms with E-state index in [2.05, 4.69) is 12.2 Å². The predicted octanol–water partition coefficient (Wildman–Crippen LogP) is 1.42. The van der Waals surface area contributed by atoms with Gasteiger partial charge in [-0.25, -0.2) is 0 Å². The quantitative estimate of drug-likeness (QED) is 0.563. The molecule has 0 fully saturated rings. The van der Waals surface area contributed by atoms with Crippen molar-refractivity contribution in [2.45, 2.75) is 52.0 Å². The van der Waals surface area contributed by atoms with Crippen LogP contribution < -0.4 is 11.1 Å². The number of unbranched alkanes of at least 4 members (excludes halogenated alkanes) is 3. The third-order valence-corrected chi connectivity index (χ3v) is 2.17. The zero-order valence-electron chi connectivity index (χ0n) is 8.81. The Morgan fingerprint density at radius 1 is 1.31 bits per heavy atom. The first-order chi connectivity index (χ1) is 6.22. The maximum Gasteiger partial charge on any atom is 0.234 e. The third kappa shape index (κ3) is 6.58. The van der Waals surface area contributed by atoms with Crippen molar-refractivity contribution < 1.29 is 4.79 Å². The lowest BCUT2D eigenvalue weighted by molar-refractivity contribution is -0.120. The molecule has 0 rings (SSSR count). The Morgan fingerprint density at radius 3 is 2.46 bits per heavy atom. The maximum atomic E-state index is 10.8. The second-order valence-electron chi connectivity index (χ2n) is 3.38. The van der Waals surface area contributed by atoms with Gasteiger partial charge in [0.05, 0.1) is 6.04 Å². The summed E-state index contributed by atoms with van der Waals surface area (Å²) >= 11 is 0. The van der Waals surface area contributed by atoms with Gasteiger partial charge in [-0.15, -0.1) is 0 Å². The van der Waals surface area contributed by atoms with Crippen LogP contribution in [0.5, 0.6) is 0 Å². The summed E-state index contributed by atoms with van der Waals surface area (Å²) in [7, 11) is 0. The van der Waals surface area contributed by atoms with Crippen LogP contribution in [0.3, 0.4) is 0 Å². The van der Waals surface area contributed by atoms with Crippen molar-refractivity contribution in [1.82, 2.24) is 5.32 Å². The SMILES string of the molecule is CCCCCCNC(CC)C(N)=O. The number of primary amides is 1. The number of nitrogens with two attached hydrogens (primary N) is 1. The van der Waals surface area contributed by atoms with Crippen molar-refractivity contribution >= 4 is 5.91 Å². The Balaban J connectivity index is 3.33. The molecule has 1 unspecified atom stereocenters. The lowest BCUT2D eigenvalue weighted by atomic mass is 10.2. The van der Waals surface area contributed by atoms with E-state index in [1.54, 1.807) is 0 Å². The maximum absolute atomic E-state index is 10.8. The number of rotatable bonds is 8. The summed E-state index contributed by atoms with van der Waals surface area (Å²) in [5.41, 5.74) is 5.19. The van der Waals surface area contributed by atoms with E-state index in [0.29, 0.717) is 0 Å². The van der Waals surface area contributed by atoms with E-state index >= 15 is 0 Å². The smallest absolute Gasteiger partial charge is 0.234 e. The fourth-order valence-electron chi connectivity index (χ4n) is 1.27. The zero-order valence-corrected chi connectivity index (χ0v) is 8.81. The third-order valence-electron chi connectivity index (χ3n) is 2.17. The van der Waals surface area contributed by atoms with Crippen molar-refractivity contribution in [3.63, 3.8) is 0 Å². The number of hydrogen-bond acceptors (Lipinski definition) is 2. The predicted molar refractivity (Wildman–Crippen MR) is 55.4 cm³/mol. The molecule has 0 bridgehead atoms. The van der Waals surface area contributed by atoms with Gasteiger partial charge in [0.2, 0.25) is 5.91 Å². The van der Waals surface area contributed by atoms with Gasteiger partial charge in [-0.05, 0) is 19.4 Å². The first kappa shape index (κ1) is 12.4. The number of hydrogen-bond donors (Lipinski definition) is 2. The van der Waals surface area contributed by atoms with Crippen LogP contribution in [-0.4, -0.2) is 18.5 Å². The van der Waals surface area contributed by atoms with Gasteiger partial charge in [0, 0.05) is 0 Å². The number of nitrogens with one attached hydrogen (secondary N) is 1. The highest BCUT2D eigenvalue weighted by Crippen LogP contribution is 1.98. The van der Waals surface area contributed by atoms with Crippen LogP contribution in [0.4, 0.5) is 0 Å². The van der Waals surface area contributed by atoms with Gasteiger partial charge in [-0.2, -0.15) is 0 Å². The first-order valence-corrected chi connectivity index (χ1v) is 5.25. The largest absolute Gasteiger partial charge is 0.368 e. The van der Waals surface area contributed by atoms with Gasteiger partial charge < -0.3 is 11.1 Å². The van der Waals surface area contributed by atoms with Gasteiger partial charge in [0.1, 0.15) is 0 Å². The van der Waals surface area contributed by atoms with Crippen molar-refractivity contribution in [2.75, 3.05) is 6.54 Å². The number of carbonyl (C=O) groups excluding carboxylic acids is 1. The minimum absolute atomic E-state index is 0.137. The molecule has 0 aliphatic carbocycles. The molecule has 1 amide bonds. The van der Waals surface area contributed by atoms with Crippen molar-refractivity contribution in [3.8, 4) is 0 Å². The minimum Gasteiger partial charge on any atom is -0.368 e. The average molecular weight is 186 g/mol. The molecule has 1 atom stereocenters. The van der Waals surface area contributed by atoms with Crippen LogP contribution >= 0.6 is 0 Å². The summed E-state index contributed by atoms with van der Waals surface area (Å²) in [6.07, 6.45) is 5.67. The van der Waals surface area contributed by atoms with E-state index in [1.165, 1.54) is 19.3 Å². The molecule has 0 heterocycles. The molecule has 0 aliphatic rings. The highest BCUT2D eigenvalue weighted by molar-refractivity contribution is 5.79. The minimum atomic E-state index is -0.238. The second kappa shape index (κ2) is 8.05. The van der Waals surface area contributed by atoms with Gasteiger partial charge in [0.25, 0.3) is 0 Å². The van der Waals surface area contributed by atoms with Gasteiger partial charge >= 0.3 is 0 Å². The summed E-state index contributed by atoms with van der Waals surface area (Å²) in [6.45, 7) is 5.06. The van der Waals surface area contributed by atoms with Crippen molar-refractivity contribution in [2.24, 2.45) is 5.73 Å². The highest BCUT2D eigenvalue weighted by atomic mass is 16.1. The summed E-state index contributed by atoms with van der Waals surface area (Å²) in [5.74, 6) is -0.238. The number of amides is 1. The Kier molecular flexibility index (Phi) is 7.69. The molecule has 3 N–H and O–H groups in total. The lowest BCUT2D eigenvalue weighted by Crippen LogP contribution is -2.41. The van der Waals surface area contributed by atoms with E-state index < -0.39 is 0 Å². The van der Waals surface area contributed by atoms with Crippen LogP contribution in [0.2, 0.25) is 0 Å². The van der Waals surface area contributed by atoms with E-state index in [9.17, 15) is 4.79 Å². The topological polar surface area (TPSA) is 55.1 Å². The van der Waals surface area contributed by atoms with Crippen LogP contribution in [0, 0.1) is 0 Å². The highest BCUT2D eigenvalue weighted by Gasteiger charge is 2.10. The number of carbonyl (C=O) groups is 1. The van der Waals surface area contributed by atoms with Gasteiger partial charge in [0.15, 0.2) is 0 Å². The molecule has 13 heavy (non-hydrogen) atoms. The zero-order chi connectivity index (χ0) is 10.1. The molecule has 0 aromatic heterocycles. The Labute approximate surface area is 81.1 Å². The molecule has 0 saturated carbocycles. The molecule has 3 nitrogen and oxygen atoms in total. The van der Waals surface area contributed by atoms with Gasteiger partial charge in [-0.1, -0.05) is 33.1 Å². The molecule has 0 spiro atoms. The summed E-state index contributed by atoms with van der Waals surface area (Å²) < 4.78 is 0.